The number of rotatable bonds is 8. The van der Waals surface area contributed by atoms with E-state index in [2.05, 4.69) is 26.9 Å². The van der Waals surface area contributed by atoms with Crippen molar-refractivity contribution in [3.05, 3.63) is 59.2 Å². The van der Waals surface area contributed by atoms with Crippen LogP contribution in [0, 0.1) is 13.8 Å². The highest BCUT2D eigenvalue weighted by molar-refractivity contribution is 7.92. The molecule has 1 aliphatic rings. The molecule has 1 amide bonds. The predicted octanol–water partition coefficient (Wildman–Crippen LogP) is 2.47. The van der Waals surface area contributed by atoms with E-state index in [1.54, 1.807) is 42.5 Å². The van der Waals surface area contributed by atoms with Crippen LogP contribution < -0.4 is 10.0 Å². The zero-order chi connectivity index (χ0) is 22.4. The number of sulfonamides is 1. The van der Waals surface area contributed by atoms with Crippen LogP contribution in [0.25, 0.3) is 0 Å². The van der Waals surface area contributed by atoms with E-state index >= 15 is 0 Å². The highest BCUT2D eigenvalue weighted by Crippen LogP contribution is 2.21. The number of carbonyl (C=O) groups excluding carboxylic acids is 1. The van der Waals surface area contributed by atoms with Gasteiger partial charge < -0.3 is 15.1 Å². The first kappa shape index (κ1) is 23.2. The number of aryl methyl sites for hydroxylation is 2. The molecule has 2 aromatic carbocycles. The smallest absolute Gasteiger partial charge is 0.261 e. The average Bonchev–Trinajstić information content (AvgIpc) is 2.74. The van der Waals surface area contributed by atoms with Crippen molar-refractivity contribution in [3.8, 4) is 0 Å². The summed E-state index contributed by atoms with van der Waals surface area (Å²) in [6, 6.07) is 11.7. The molecule has 0 unspecified atom stereocenters. The number of hydrogen-bond acceptors (Lipinski definition) is 5. The van der Waals surface area contributed by atoms with Gasteiger partial charge in [0.1, 0.15) is 0 Å². The Kier molecular flexibility index (Phi) is 7.69. The minimum atomic E-state index is -3.72. The zero-order valence-electron chi connectivity index (χ0n) is 18.5. The van der Waals surface area contributed by atoms with Crippen molar-refractivity contribution >= 4 is 21.6 Å². The van der Waals surface area contributed by atoms with Crippen molar-refractivity contribution < 1.29 is 13.2 Å². The van der Waals surface area contributed by atoms with Crippen LogP contribution in [0.3, 0.4) is 0 Å². The van der Waals surface area contributed by atoms with Crippen molar-refractivity contribution in [2.45, 2.75) is 25.2 Å². The summed E-state index contributed by atoms with van der Waals surface area (Å²) in [4.78, 5) is 17.5. The number of piperazine rings is 1. The molecule has 1 fully saturated rings. The van der Waals surface area contributed by atoms with Gasteiger partial charge in [-0.15, -0.1) is 0 Å². The molecule has 0 atom stereocenters. The highest BCUT2D eigenvalue weighted by atomic mass is 32.2. The van der Waals surface area contributed by atoms with E-state index in [1.807, 2.05) is 13.8 Å². The first-order valence-electron chi connectivity index (χ1n) is 10.6. The molecule has 31 heavy (non-hydrogen) atoms. The first-order valence-corrected chi connectivity index (χ1v) is 12.1. The maximum atomic E-state index is 12.7. The van der Waals surface area contributed by atoms with Crippen LogP contribution >= 0.6 is 0 Å². The molecule has 0 spiro atoms. The minimum absolute atomic E-state index is 0.191. The number of anilines is 1. The number of amides is 1. The Bertz CT molecular complexity index is 998. The Morgan fingerprint density at radius 3 is 2.35 bits per heavy atom. The van der Waals surface area contributed by atoms with Gasteiger partial charge >= 0.3 is 0 Å². The van der Waals surface area contributed by atoms with Gasteiger partial charge in [0.25, 0.3) is 15.9 Å². The number of benzene rings is 2. The van der Waals surface area contributed by atoms with Gasteiger partial charge in [0.2, 0.25) is 0 Å². The number of likely N-dealkylation sites (N-methyl/N-ethyl adjacent to an activating group) is 1. The van der Waals surface area contributed by atoms with Crippen molar-refractivity contribution in [3.63, 3.8) is 0 Å². The third-order valence-corrected chi connectivity index (χ3v) is 6.99. The SMILES string of the molecule is Cc1ccc(S(=O)(=O)Nc2cc(C(=O)NCCCN3CCN(C)CC3)ccc2C)cc1. The first-order chi connectivity index (χ1) is 14.7. The van der Waals surface area contributed by atoms with Crippen LogP contribution in [0.15, 0.2) is 47.4 Å². The third-order valence-electron chi connectivity index (χ3n) is 5.61. The summed E-state index contributed by atoms with van der Waals surface area (Å²) in [5.41, 5.74) is 2.58. The van der Waals surface area contributed by atoms with E-state index in [9.17, 15) is 13.2 Å². The number of carbonyl (C=O) groups is 1. The Balaban J connectivity index is 1.57. The summed E-state index contributed by atoms with van der Waals surface area (Å²) in [5, 5.41) is 2.94. The summed E-state index contributed by atoms with van der Waals surface area (Å²) < 4.78 is 28.0. The molecule has 1 aliphatic heterocycles. The maximum Gasteiger partial charge on any atom is 0.261 e. The topological polar surface area (TPSA) is 81.7 Å². The maximum absolute atomic E-state index is 12.7. The van der Waals surface area contributed by atoms with Gasteiger partial charge in [-0.05, 0) is 63.7 Å². The van der Waals surface area contributed by atoms with Crippen LogP contribution in [0.2, 0.25) is 0 Å². The molecule has 1 saturated heterocycles. The molecule has 168 valence electrons. The fraction of sp³-hybridized carbons (Fsp3) is 0.435. The van der Waals surface area contributed by atoms with Crippen LogP contribution in [-0.2, 0) is 10.0 Å². The lowest BCUT2D eigenvalue weighted by Gasteiger charge is -2.32. The molecule has 0 aromatic heterocycles. The van der Waals surface area contributed by atoms with Crippen molar-refractivity contribution in [2.75, 3.05) is 51.0 Å². The van der Waals surface area contributed by atoms with Gasteiger partial charge in [-0.1, -0.05) is 23.8 Å². The normalized spacial score (nSPS) is 15.6. The number of hydrogen-bond donors (Lipinski definition) is 2. The van der Waals surface area contributed by atoms with Crippen LogP contribution in [0.4, 0.5) is 5.69 Å². The van der Waals surface area contributed by atoms with E-state index in [4.69, 9.17) is 0 Å². The molecule has 0 aliphatic carbocycles. The minimum Gasteiger partial charge on any atom is -0.352 e. The quantitative estimate of drug-likeness (QED) is 0.612. The third kappa shape index (κ3) is 6.53. The molecular formula is C23H32N4O3S. The average molecular weight is 445 g/mol. The highest BCUT2D eigenvalue weighted by Gasteiger charge is 2.17. The van der Waals surface area contributed by atoms with Gasteiger partial charge in [-0.25, -0.2) is 8.42 Å². The van der Waals surface area contributed by atoms with Gasteiger partial charge in [-0.2, -0.15) is 0 Å². The summed E-state index contributed by atoms with van der Waals surface area (Å²) in [7, 11) is -1.59. The Morgan fingerprint density at radius 1 is 1.00 bits per heavy atom. The largest absolute Gasteiger partial charge is 0.352 e. The second kappa shape index (κ2) is 10.3. The standard InChI is InChI=1S/C23H32N4O3S/c1-18-5-9-21(10-6-18)31(29,30)25-22-17-20(8-7-19(22)2)23(28)24-11-4-12-27-15-13-26(3)14-16-27/h5-10,17,25H,4,11-16H2,1-3H3,(H,24,28). The number of nitrogens with zero attached hydrogens (tertiary/aromatic N) is 2. The molecule has 2 N–H and O–H groups in total. The van der Waals surface area contributed by atoms with Gasteiger partial charge in [0, 0.05) is 38.3 Å². The monoisotopic (exact) mass is 444 g/mol. The Morgan fingerprint density at radius 2 is 1.68 bits per heavy atom. The van der Waals surface area contributed by atoms with E-state index < -0.39 is 10.0 Å². The van der Waals surface area contributed by atoms with E-state index in [0.29, 0.717) is 17.8 Å². The second-order valence-electron chi connectivity index (χ2n) is 8.20. The second-order valence-corrected chi connectivity index (χ2v) is 9.89. The predicted molar refractivity (Wildman–Crippen MR) is 124 cm³/mol. The summed E-state index contributed by atoms with van der Waals surface area (Å²) in [5.74, 6) is -0.200. The zero-order valence-corrected chi connectivity index (χ0v) is 19.3. The molecule has 2 aromatic rings. The molecular weight excluding hydrogens is 412 g/mol. The Labute approximate surface area is 185 Å². The molecule has 3 rings (SSSR count). The molecule has 0 saturated carbocycles. The lowest BCUT2D eigenvalue weighted by atomic mass is 10.1. The molecule has 0 radical (unpaired) electrons. The molecule has 7 nitrogen and oxygen atoms in total. The van der Waals surface area contributed by atoms with Gasteiger partial charge in [0.05, 0.1) is 10.6 Å². The lowest BCUT2D eigenvalue weighted by molar-refractivity contribution is 0.0949. The summed E-state index contributed by atoms with van der Waals surface area (Å²) >= 11 is 0. The van der Waals surface area contributed by atoms with Gasteiger partial charge in [-0.3, -0.25) is 9.52 Å². The fourth-order valence-electron chi connectivity index (χ4n) is 3.47. The molecule has 0 bridgehead atoms. The van der Waals surface area contributed by atoms with Gasteiger partial charge in [0.15, 0.2) is 0 Å². The lowest BCUT2D eigenvalue weighted by Crippen LogP contribution is -2.45. The van der Waals surface area contributed by atoms with E-state index in [1.165, 1.54) is 0 Å². The molecule has 1 heterocycles. The van der Waals surface area contributed by atoms with Crippen molar-refractivity contribution in [1.82, 2.24) is 15.1 Å². The van der Waals surface area contributed by atoms with E-state index in [0.717, 1.165) is 50.3 Å². The van der Waals surface area contributed by atoms with Crippen LogP contribution in [0.1, 0.15) is 27.9 Å². The van der Waals surface area contributed by atoms with Crippen molar-refractivity contribution in [1.29, 1.82) is 0 Å². The summed E-state index contributed by atoms with van der Waals surface area (Å²) in [6.07, 6.45) is 0.883. The van der Waals surface area contributed by atoms with Crippen LogP contribution in [0.5, 0.6) is 0 Å². The number of nitrogens with one attached hydrogen (secondary N) is 2. The summed E-state index contributed by atoms with van der Waals surface area (Å²) in [6.45, 7) is 9.55. The van der Waals surface area contributed by atoms with Crippen LogP contribution in [-0.4, -0.2) is 70.4 Å². The Hall–Kier alpha value is -2.42. The van der Waals surface area contributed by atoms with E-state index in [-0.39, 0.29) is 10.8 Å². The van der Waals surface area contributed by atoms with Crippen molar-refractivity contribution in [2.24, 2.45) is 0 Å². The molecule has 8 heteroatoms. The fourth-order valence-corrected chi connectivity index (χ4v) is 4.59.